The summed E-state index contributed by atoms with van der Waals surface area (Å²) < 4.78 is 11.1. The van der Waals surface area contributed by atoms with Gasteiger partial charge < -0.3 is 30.8 Å². The van der Waals surface area contributed by atoms with E-state index in [1.807, 2.05) is 13.8 Å². The Kier molecular flexibility index (Phi) is 8.92. The van der Waals surface area contributed by atoms with E-state index in [1.165, 1.54) is 4.68 Å². The van der Waals surface area contributed by atoms with E-state index in [9.17, 15) is 19.5 Å². The highest BCUT2D eigenvalue weighted by atomic mass is 32.2. The average molecular weight is 583 g/mol. The molecule has 1 fully saturated rings. The molecule has 0 unspecified atom stereocenters. The zero-order valence-electron chi connectivity index (χ0n) is 20.9. The lowest BCUT2D eigenvalue weighted by Crippen LogP contribution is -2.73. The Labute approximate surface area is 229 Å². The monoisotopic (exact) mass is 582 g/mol. The number of β-lactam (4-membered cyclic amide) rings is 1. The molecule has 4 rings (SSSR count). The molecule has 2 aromatic heterocycles. The van der Waals surface area contributed by atoms with Gasteiger partial charge in [0, 0.05) is 11.5 Å². The lowest BCUT2D eigenvalue weighted by atomic mass is 9.92. The van der Waals surface area contributed by atoms with Gasteiger partial charge in [-0.05, 0) is 22.8 Å². The third kappa shape index (κ3) is 6.25. The molecule has 2 aromatic rings. The minimum atomic E-state index is -1.37. The summed E-state index contributed by atoms with van der Waals surface area (Å²) >= 11 is 1.95. The standard InChI is InChI=1S/C20H26N10O7S2/c1-9(2)3-6-37-25-13(15-23-19(21)39-26-15)16(32)22-12-10-7-36-11(14(18(34)35)30(10)17(12)33)8-38-20-24-27-28-29(20)4-5-31/h9-10,12,31H,3-8H2,1-2H3,(H,22,32)(H,34,35)(H2,21,23,26)/b25-13-/t10-,12+/m1/s1. The molecule has 17 nitrogen and oxygen atoms in total. The van der Waals surface area contributed by atoms with Crippen molar-refractivity contribution in [1.29, 1.82) is 0 Å². The molecule has 0 saturated carbocycles. The van der Waals surface area contributed by atoms with Gasteiger partial charge in [0.25, 0.3) is 11.8 Å². The molecule has 2 aliphatic rings. The first-order valence-corrected chi connectivity index (χ1v) is 13.5. The third-order valence-corrected chi connectivity index (χ3v) is 7.10. The summed E-state index contributed by atoms with van der Waals surface area (Å²) in [6, 6.07) is -1.84. The van der Waals surface area contributed by atoms with Crippen LogP contribution in [0.1, 0.15) is 26.1 Å². The van der Waals surface area contributed by atoms with Crippen LogP contribution in [0.25, 0.3) is 0 Å². The number of rotatable bonds is 13. The van der Waals surface area contributed by atoms with Crippen molar-refractivity contribution in [1.82, 2.24) is 39.8 Å². The maximum atomic E-state index is 13.1. The van der Waals surface area contributed by atoms with Gasteiger partial charge in [-0.3, -0.25) is 14.5 Å². The number of carbonyl (C=O) groups excluding carboxylic acids is 2. The van der Waals surface area contributed by atoms with Crippen LogP contribution in [-0.2, 0) is 30.5 Å². The highest BCUT2D eigenvalue weighted by Crippen LogP contribution is 2.34. The number of aromatic nitrogens is 6. The fraction of sp³-hybridized carbons (Fsp3) is 0.550. The molecule has 0 radical (unpaired) electrons. The number of ether oxygens (including phenoxy) is 1. The van der Waals surface area contributed by atoms with Gasteiger partial charge in [0.2, 0.25) is 16.7 Å². The second-order valence-corrected chi connectivity index (χ2v) is 10.4. The average Bonchev–Trinajstić information content (AvgIpc) is 3.53. The van der Waals surface area contributed by atoms with Crippen molar-refractivity contribution in [2.45, 2.75) is 44.1 Å². The van der Waals surface area contributed by atoms with Crippen LogP contribution in [0.4, 0.5) is 5.13 Å². The van der Waals surface area contributed by atoms with Crippen LogP contribution in [0, 0.1) is 5.92 Å². The van der Waals surface area contributed by atoms with Gasteiger partial charge in [-0.15, -0.1) is 5.10 Å². The molecular formula is C20H26N10O7S2. The quantitative estimate of drug-likeness (QED) is 0.0705. The first-order valence-electron chi connectivity index (χ1n) is 11.7. The maximum Gasteiger partial charge on any atom is 0.356 e. The summed E-state index contributed by atoms with van der Waals surface area (Å²) in [5.41, 5.74) is 5.05. The SMILES string of the molecule is CC(C)CCO/N=C(\C(=O)N[C@@H]1C(=O)N2C(C(=O)O)=C(CSc3nnnn3CCO)OC[C@H]12)c1nsc(N)n1. The maximum absolute atomic E-state index is 13.1. The molecule has 0 aliphatic carbocycles. The van der Waals surface area contributed by atoms with Crippen molar-refractivity contribution in [2.75, 3.05) is 31.3 Å². The number of nitrogens with two attached hydrogens (primary N) is 1. The van der Waals surface area contributed by atoms with Crippen LogP contribution in [0.2, 0.25) is 0 Å². The number of nitrogen functional groups attached to an aromatic ring is 1. The molecule has 0 spiro atoms. The number of carbonyl (C=O) groups is 3. The number of anilines is 1. The Balaban J connectivity index is 1.46. The number of oxime groups is 1. The van der Waals surface area contributed by atoms with Crippen molar-refractivity contribution in [3.8, 4) is 0 Å². The van der Waals surface area contributed by atoms with E-state index >= 15 is 0 Å². The zero-order valence-corrected chi connectivity index (χ0v) is 22.5. The number of aliphatic hydroxyl groups is 1. The molecule has 2 atom stereocenters. The predicted octanol–water partition coefficient (Wildman–Crippen LogP) is -1.32. The lowest BCUT2D eigenvalue weighted by molar-refractivity contribution is -0.160. The molecule has 1 saturated heterocycles. The number of nitrogens with zero attached hydrogens (tertiary/aromatic N) is 8. The van der Waals surface area contributed by atoms with E-state index in [2.05, 4.69) is 35.4 Å². The van der Waals surface area contributed by atoms with E-state index < -0.39 is 29.9 Å². The summed E-state index contributed by atoms with van der Waals surface area (Å²) in [7, 11) is 0. The lowest BCUT2D eigenvalue weighted by Gasteiger charge is -2.49. The Morgan fingerprint density at radius 1 is 1.41 bits per heavy atom. The number of aliphatic carboxylic acids is 1. The van der Waals surface area contributed by atoms with Crippen molar-refractivity contribution in [3.05, 3.63) is 17.3 Å². The molecule has 19 heteroatoms. The second kappa shape index (κ2) is 12.3. The van der Waals surface area contributed by atoms with Crippen molar-refractivity contribution >= 4 is 51.9 Å². The molecule has 4 heterocycles. The van der Waals surface area contributed by atoms with E-state index in [0.29, 0.717) is 17.5 Å². The predicted molar refractivity (Wildman–Crippen MR) is 135 cm³/mol. The molecule has 2 amide bonds. The largest absolute Gasteiger partial charge is 0.492 e. The van der Waals surface area contributed by atoms with Gasteiger partial charge in [-0.25, -0.2) is 9.48 Å². The molecule has 39 heavy (non-hydrogen) atoms. The Hall–Kier alpha value is -3.84. The minimum absolute atomic E-state index is 0.0163. The van der Waals surface area contributed by atoms with E-state index in [0.717, 1.165) is 28.2 Å². The van der Waals surface area contributed by atoms with E-state index in [4.69, 9.17) is 20.4 Å². The Bertz CT molecular complexity index is 1290. The van der Waals surface area contributed by atoms with Crippen molar-refractivity contribution < 1.29 is 34.2 Å². The number of thioether (sulfide) groups is 1. The highest BCUT2D eigenvalue weighted by molar-refractivity contribution is 7.99. The molecular weight excluding hydrogens is 556 g/mol. The van der Waals surface area contributed by atoms with Crippen LogP contribution in [-0.4, -0.2) is 106 Å². The highest BCUT2D eigenvalue weighted by Gasteiger charge is 2.55. The minimum Gasteiger partial charge on any atom is -0.492 e. The van der Waals surface area contributed by atoms with Gasteiger partial charge >= 0.3 is 5.97 Å². The van der Waals surface area contributed by atoms with Gasteiger partial charge in [0.15, 0.2) is 10.8 Å². The fourth-order valence-corrected chi connectivity index (χ4v) is 4.94. The summed E-state index contributed by atoms with van der Waals surface area (Å²) in [5, 5.41) is 37.0. The van der Waals surface area contributed by atoms with Crippen LogP contribution in [0.5, 0.6) is 0 Å². The van der Waals surface area contributed by atoms with Crippen LogP contribution in [0.3, 0.4) is 0 Å². The number of fused-ring (bicyclic) bond motifs is 1. The van der Waals surface area contributed by atoms with Crippen LogP contribution < -0.4 is 11.1 Å². The number of nitrogens with one attached hydrogen (secondary N) is 1. The van der Waals surface area contributed by atoms with E-state index in [-0.39, 0.29) is 60.2 Å². The molecule has 0 aromatic carbocycles. The van der Waals surface area contributed by atoms with E-state index in [1.54, 1.807) is 0 Å². The smallest absolute Gasteiger partial charge is 0.356 e. The van der Waals surface area contributed by atoms with Gasteiger partial charge in [-0.2, -0.15) is 9.36 Å². The summed E-state index contributed by atoms with van der Waals surface area (Å²) in [4.78, 5) is 48.5. The van der Waals surface area contributed by atoms with Gasteiger partial charge in [0.1, 0.15) is 31.1 Å². The molecule has 5 N–H and O–H groups in total. The van der Waals surface area contributed by atoms with Gasteiger partial charge in [-0.1, -0.05) is 30.8 Å². The number of carboxylic acid groups (broad SMARTS) is 1. The number of amides is 2. The topological polar surface area (TPSA) is 233 Å². The van der Waals surface area contributed by atoms with Crippen molar-refractivity contribution in [2.24, 2.45) is 11.1 Å². The fourth-order valence-electron chi connectivity index (χ4n) is 3.66. The molecule has 210 valence electrons. The Morgan fingerprint density at radius 2 is 2.21 bits per heavy atom. The first kappa shape index (κ1) is 28.2. The molecule has 2 aliphatic heterocycles. The normalized spacial score (nSPS) is 19.0. The zero-order chi connectivity index (χ0) is 28.1. The summed E-state index contributed by atoms with van der Waals surface area (Å²) in [5.74, 6) is -2.43. The van der Waals surface area contributed by atoms with Crippen LogP contribution in [0.15, 0.2) is 21.8 Å². The number of carboxylic acids is 1. The third-order valence-electron chi connectivity index (χ3n) is 5.60. The Morgan fingerprint density at radius 3 is 2.87 bits per heavy atom. The number of hydrogen-bond donors (Lipinski definition) is 4. The second-order valence-electron chi connectivity index (χ2n) is 8.72. The van der Waals surface area contributed by atoms with Crippen LogP contribution >= 0.6 is 23.3 Å². The number of hydrogen-bond acceptors (Lipinski definition) is 15. The number of aliphatic hydroxyl groups excluding tert-OH is 1. The molecule has 0 bridgehead atoms. The summed E-state index contributed by atoms with van der Waals surface area (Å²) in [6.07, 6.45) is 0.696. The summed E-state index contributed by atoms with van der Waals surface area (Å²) in [6.45, 7) is 4.18. The first-order chi connectivity index (χ1) is 18.7. The number of tetrazole rings is 1. The van der Waals surface area contributed by atoms with Crippen molar-refractivity contribution in [3.63, 3.8) is 0 Å². The van der Waals surface area contributed by atoms with Gasteiger partial charge in [0.05, 0.1) is 18.9 Å².